The summed E-state index contributed by atoms with van der Waals surface area (Å²) in [5.74, 6) is -5.32. The predicted molar refractivity (Wildman–Crippen MR) is 186 cm³/mol. The van der Waals surface area contributed by atoms with Crippen molar-refractivity contribution in [2.24, 2.45) is 29.0 Å². The molecule has 6 atom stereocenters. The molecule has 0 bridgehead atoms. The van der Waals surface area contributed by atoms with Crippen LogP contribution in [0.2, 0.25) is 0 Å². The lowest BCUT2D eigenvalue weighted by molar-refractivity contribution is -0.149. The summed E-state index contributed by atoms with van der Waals surface area (Å²) in [6, 6.07) is 0.627. The average molecular weight is 702 g/mol. The molecule has 15 nitrogen and oxygen atoms in total. The van der Waals surface area contributed by atoms with Crippen LogP contribution in [0.3, 0.4) is 0 Å². The normalized spacial score (nSPS) is 16.0. The smallest absolute Gasteiger partial charge is 0.338 e. The van der Waals surface area contributed by atoms with Gasteiger partial charge in [-0.3, -0.25) is 14.4 Å². The molecule has 1 heterocycles. The minimum absolute atomic E-state index is 0.0294. The van der Waals surface area contributed by atoms with Crippen LogP contribution in [0, 0.1) is 11.8 Å². The Morgan fingerprint density at radius 3 is 2.20 bits per heavy atom. The number of aliphatic hydroxyl groups excluding tert-OH is 1. The summed E-state index contributed by atoms with van der Waals surface area (Å²) in [7, 11) is 0. The predicted octanol–water partition coefficient (Wildman–Crippen LogP) is 1.10. The Kier molecular flexibility index (Phi) is 15.3. The maximum Gasteiger partial charge on any atom is 0.338 e. The number of H-pyrrole nitrogens is 1. The second-order valence-electron chi connectivity index (χ2n) is 14.2. The van der Waals surface area contributed by atoms with Gasteiger partial charge < -0.3 is 47.8 Å². The van der Waals surface area contributed by atoms with Crippen molar-refractivity contribution in [1.29, 1.82) is 0 Å². The van der Waals surface area contributed by atoms with Crippen LogP contribution in [0.1, 0.15) is 94.9 Å². The van der Waals surface area contributed by atoms with Crippen molar-refractivity contribution in [3.05, 3.63) is 53.1 Å². The summed E-state index contributed by atoms with van der Waals surface area (Å²) in [6.07, 6.45) is 1.56. The van der Waals surface area contributed by atoms with Crippen LogP contribution in [-0.4, -0.2) is 85.1 Å². The first-order valence-corrected chi connectivity index (χ1v) is 16.9. The number of Topliss-reactive ketones (excluding diaryl/α,β-unsaturated/α-hetero) is 1. The van der Waals surface area contributed by atoms with Gasteiger partial charge in [-0.1, -0.05) is 40.2 Å². The number of aliphatic carboxylic acids is 1. The number of nitrogens with zero attached hydrogens (tertiary/aromatic N) is 1. The minimum Gasteiger partial charge on any atom is -0.480 e. The highest BCUT2D eigenvalue weighted by molar-refractivity contribution is 6.14. The lowest BCUT2D eigenvalue weighted by Gasteiger charge is -2.36. The van der Waals surface area contributed by atoms with Gasteiger partial charge in [-0.25, -0.2) is 14.6 Å². The van der Waals surface area contributed by atoms with Crippen molar-refractivity contribution >= 4 is 29.5 Å². The largest absolute Gasteiger partial charge is 0.480 e. The Labute approximate surface area is 293 Å². The lowest BCUT2D eigenvalue weighted by Crippen LogP contribution is -2.72. The molecule has 50 heavy (non-hydrogen) atoms. The van der Waals surface area contributed by atoms with E-state index in [9.17, 15) is 34.2 Å². The molecule has 0 aliphatic rings. The molecule has 15 heteroatoms. The summed E-state index contributed by atoms with van der Waals surface area (Å²) in [6.45, 7) is 12.4. The molecule has 0 saturated heterocycles. The molecule has 278 valence electrons. The van der Waals surface area contributed by atoms with Crippen LogP contribution in [0.15, 0.2) is 30.7 Å². The Balaban J connectivity index is 2.46. The van der Waals surface area contributed by atoms with Gasteiger partial charge in [-0.15, -0.1) is 0 Å². The molecule has 0 aliphatic heterocycles. The van der Waals surface area contributed by atoms with E-state index in [0.29, 0.717) is 29.7 Å². The number of imidazole rings is 1. The Morgan fingerprint density at radius 2 is 1.68 bits per heavy atom. The van der Waals surface area contributed by atoms with E-state index in [2.05, 4.69) is 20.6 Å². The van der Waals surface area contributed by atoms with Crippen molar-refractivity contribution in [2.75, 3.05) is 0 Å². The first-order valence-electron chi connectivity index (χ1n) is 16.9. The molecule has 0 aliphatic carbocycles. The summed E-state index contributed by atoms with van der Waals surface area (Å²) in [5, 5.41) is 26.2. The SMILES string of the molecule is CC[C@H](C)[C@H](NC(=O)C(N)(C(=O)[C@H](Cc1cnc[nH]1)NC(=O)[C@@H](N)Cc1ccc(C(=O)OC(C)(C)C)cc1CN)C(O)CCC(C)C)C(=O)O. The first kappa shape index (κ1) is 42.0. The zero-order valence-electron chi connectivity index (χ0n) is 30.1. The van der Waals surface area contributed by atoms with Crippen LogP contribution < -0.4 is 27.8 Å². The molecule has 0 fully saturated rings. The number of ether oxygens (including phenoxy) is 1. The first-order chi connectivity index (χ1) is 23.2. The number of rotatable bonds is 19. The van der Waals surface area contributed by atoms with Crippen LogP contribution in [-0.2, 0) is 43.3 Å². The number of aromatic amines is 1. The summed E-state index contributed by atoms with van der Waals surface area (Å²) in [5.41, 5.74) is 17.3. The molecule has 11 N–H and O–H groups in total. The molecule has 2 unspecified atom stereocenters. The van der Waals surface area contributed by atoms with Crippen molar-refractivity contribution in [1.82, 2.24) is 20.6 Å². The number of esters is 1. The Bertz CT molecular complexity index is 1470. The quantitative estimate of drug-likeness (QED) is 0.0756. The average Bonchev–Trinajstić information content (AvgIpc) is 3.56. The van der Waals surface area contributed by atoms with Gasteiger partial charge in [-0.2, -0.15) is 0 Å². The molecule has 0 spiro atoms. The third kappa shape index (κ3) is 11.4. The number of hydrogen-bond acceptors (Lipinski definition) is 11. The number of carboxylic acids is 1. The number of aliphatic hydroxyl groups is 1. The van der Waals surface area contributed by atoms with Gasteiger partial charge in [0.25, 0.3) is 5.91 Å². The van der Waals surface area contributed by atoms with E-state index in [1.165, 1.54) is 12.5 Å². The van der Waals surface area contributed by atoms with E-state index >= 15 is 0 Å². The van der Waals surface area contributed by atoms with Crippen molar-refractivity contribution < 1.29 is 38.9 Å². The number of aromatic nitrogens is 2. The highest BCUT2D eigenvalue weighted by atomic mass is 16.6. The third-order valence-corrected chi connectivity index (χ3v) is 8.54. The van der Waals surface area contributed by atoms with Crippen molar-refractivity contribution in [2.45, 2.75) is 122 Å². The number of amides is 2. The summed E-state index contributed by atoms with van der Waals surface area (Å²) < 4.78 is 5.44. The fourth-order valence-electron chi connectivity index (χ4n) is 5.29. The zero-order valence-corrected chi connectivity index (χ0v) is 30.1. The number of carbonyl (C=O) groups is 5. The number of benzene rings is 1. The minimum atomic E-state index is -2.65. The van der Waals surface area contributed by atoms with Crippen LogP contribution in [0.25, 0.3) is 0 Å². The summed E-state index contributed by atoms with van der Waals surface area (Å²) in [4.78, 5) is 73.3. The van der Waals surface area contributed by atoms with Gasteiger partial charge in [0.15, 0.2) is 11.3 Å². The molecule has 1 aromatic heterocycles. The second-order valence-corrected chi connectivity index (χ2v) is 14.2. The molecule has 2 amide bonds. The van der Waals surface area contributed by atoms with E-state index in [0.717, 1.165) is 0 Å². The molecule has 0 radical (unpaired) electrons. The maximum atomic E-state index is 14.4. The van der Waals surface area contributed by atoms with E-state index < -0.39 is 70.8 Å². The van der Waals surface area contributed by atoms with E-state index in [-0.39, 0.29) is 37.3 Å². The van der Waals surface area contributed by atoms with Gasteiger partial charge >= 0.3 is 11.9 Å². The topological polar surface area (TPSA) is 266 Å². The highest BCUT2D eigenvalue weighted by Crippen LogP contribution is 2.23. The lowest BCUT2D eigenvalue weighted by atomic mass is 9.79. The number of carboxylic acid groups (broad SMARTS) is 1. The summed E-state index contributed by atoms with van der Waals surface area (Å²) >= 11 is 0. The maximum absolute atomic E-state index is 14.4. The zero-order chi connectivity index (χ0) is 38.0. The fraction of sp³-hybridized carbons (Fsp3) is 0.600. The molecular weight excluding hydrogens is 646 g/mol. The van der Waals surface area contributed by atoms with E-state index in [4.69, 9.17) is 21.9 Å². The van der Waals surface area contributed by atoms with Gasteiger partial charge in [0, 0.05) is 24.9 Å². The number of nitrogens with one attached hydrogen (secondary N) is 3. The third-order valence-electron chi connectivity index (χ3n) is 8.54. The second kappa shape index (κ2) is 18.2. The Hall–Kier alpha value is -4.18. The van der Waals surface area contributed by atoms with Crippen LogP contribution >= 0.6 is 0 Å². The highest BCUT2D eigenvalue weighted by Gasteiger charge is 2.52. The van der Waals surface area contributed by atoms with Crippen molar-refractivity contribution in [3.8, 4) is 0 Å². The molecular formula is C35H55N7O8. The van der Waals surface area contributed by atoms with Crippen LogP contribution in [0.5, 0.6) is 0 Å². The molecule has 1 aromatic carbocycles. The van der Waals surface area contributed by atoms with Crippen molar-refractivity contribution in [3.63, 3.8) is 0 Å². The van der Waals surface area contributed by atoms with Gasteiger partial charge in [-0.05, 0) is 75.1 Å². The van der Waals surface area contributed by atoms with Gasteiger partial charge in [0.2, 0.25) is 5.91 Å². The monoisotopic (exact) mass is 701 g/mol. The molecule has 0 saturated carbocycles. The van der Waals surface area contributed by atoms with E-state index in [1.807, 2.05) is 13.8 Å². The molecule has 2 aromatic rings. The standard InChI is InChI=1S/C35H55N7O8/c1-8-20(4)28(31(46)47)42-33(49)35(38,27(43)12-9-19(2)3)29(44)26(15-24-17-39-18-40-24)41-30(45)25(37)14-21-10-11-22(13-23(21)16-36)32(48)50-34(5,6)7/h10-11,13,17-20,25-28,43H,8-9,12,14-16,36-38H2,1-7H3,(H,39,40)(H,41,45)(H,42,49)(H,46,47)/t20-,25-,26-,27?,28-,35?/m0/s1. The number of carbonyl (C=O) groups excluding carboxylic acids is 4. The van der Waals surface area contributed by atoms with Gasteiger partial charge in [0.1, 0.15) is 11.6 Å². The van der Waals surface area contributed by atoms with E-state index in [1.54, 1.807) is 52.8 Å². The van der Waals surface area contributed by atoms with Gasteiger partial charge in [0.05, 0.1) is 30.1 Å². The number of hydrogen-bond donors (Lipinski definition) is 8. The Morgan fingerprint density at radius 1 is 1.02 bits per heavy atom. The number of ketones is 1. The number of nitrogens with two attached hydrogens (primary N) is 3. The molecule has 2 rings (SSSR count). The fourth-order valence-corrected chi connectivity index (χ4v) is 5.29. The van der Waals surface area contributed by atoms with Crippen LogP contribution in [0.4, 0.5) is 0 Å².